The van der Waals surface area contributed by atoms with Gasteiger partial charge >= 0.3 is 5.97 Å². The number of ether oxygens (including phenoxy) is 1. The van der Waals surface area contributed by atoms with Gasteiger partial charge in [-0.3, -0.25) is 9.78 Å². The van der Waals surface area contributed by atoms with Crippen molar-refractivity contribution in [1.29, 1.82) is 0 Å². The van der Waals surface area contributed by atoms with Crippen LogP contribution in [0.1, 0.15) is 30.4 Å². The molecule has 0 aliphatic rings. The second kappa shape index (κ2) is 5.17. The van der Waals surface area contributed by atoms with E-state index in [0.717, 1.165) is 28.5 Å². The number of nitrogens with zero attached hydrogens (tertiary/aromatic N) is 1. The Morgan fingerprint density at radius 1 is 1.39 bits per heavy atom. The van der Waals surface area contributed by atoms with Crippen LogP contribution < -0.4 is 0 Å². The minimum atomic E-state index is -0.195. The van der Waals surface area contributed by atoms with Crippen molar-refractivity contribution >= 4 is 16.9 Å². The Labute approximate surface area is 107 Å². The van der Waals surface area contributed by atoms with E-state index in [4.69, 9.17) is 4.74 Å². The number of aryl methyl sites for hydroxylation is 1. The fourth-order valence-electron chi connectivity index (χ4n) is 2.16. The van der Waals surface area contributed by atoms with Crippen LogP contribution in [0.25, 0.3) is 10.9 Å². The molecule has 18 heavy (non-hydrogen) atoms. The molecule has 1 heterocycles. The molecule has 1 aromatic heterocycles. The van der Waals surface area contributed by atoms with E-state index in [0.29, 0.717) is 0 Å². The average molecular weight is 243 g/mol. The van der Waals surface area contributed by atoms with Gasteiger partial charge < -0.3 is 4.74 Å². The summed E-state index contributed by atoms with van der Waals surface area (Å²) in [6.07, 6.45) is 2.58. The molecule has 0 radical (unpaired) electrons. The van der Waals surface area contributed by atoms with Crippen molar-refractivity contribution in [3.8, 4) is 0 Å². The van der Waals surface area contributed by atoms with Crippen molar-refractivity contribution in [3.63, 3.8) is 0 Å². The van der Waals surface area contributed by atoms with Gasteiger partial charge in [0.05, 0.1) is 18.5 Å². The summed E-state index contributed by atoms with van der Waals surface area (Å²) in [5, 5.41) is 1.06. The maximum absolute atomic E-state index is 11.7. The van der Waals surface area contributed by atoms with E-state index in [2.05, 4.69) is 11.1 Å². The summed E-state index contributed by atoms with van der Waals surface area (Å²) in [6.45, 7) is 4.00. The molecule has 2 rings (SSSR count). The van der Waals surface area contributed by atoms with Crippen molar-refractivity contribution in [1.82, 2.24) is 4.98 Å². The zero-order chi connectivity index (χ0) is 13.1. The van der Waals surface area contributed by atoms with Crippen LogP contribution in [0.3, 0.4) is 0 Å². The summed E-state index contributed by atoms with van der Waals surface area (Å²) in [5.41, 5.74) is 3.05. The molecule has 1 aromatic carbocycles. The Kier molecular flexibility index (Phi) is 3.60. The Hall–Kier alpha value is -1.90. The average Bonchev–Trinajstić information content (AvgIpc) is 2.38. The van der Waals surface area contributed by atoms with Gasteiger partial charge in [-0.15, -0.1) is 0 Å². The number of aromatic nitrogens is 1. The molecule has 1 unspecified atom stereocenters. The number of methoxy groups -OCH3 is 1. The monoisotopic (exact) mass is 243 g/mol. The number of carbonyl (C=O) groups excluding carboxylic acids is 1. The fourth-order valence-corrected chi connectivity index (χ4v) is 2.16. The summed E-state index contributed by atoms with van der Waals surface area (Å²) in [4.78, 5) is 16.1. The minimum Gasteiger partial charge on any atom is -0.469 e. The second-order valence-corrected chi connectivity index (χ2v) is 4.45. The number of benzene rings is 1. The highest BCUT2D eigenvalue weighted by molar-refractivity contribution is 5.83. The molecule has 0 aliphatic heterocycles. The first-order valence-corrected chi connectivity index (χ1v) is 6.10. The lowest BCUT2D eigenvalue weighted by atomic mass is 9.95. The third-order valence-corrected chi connectivity index (χ3v) is 3.14. The molecule has 3 nitrogen and oxygen atoms in total. The van der Waals surface area contributed by atoms with E-state index in [1.807, 2.05) is 38.2 Å². The van der Waals surface area contributed by atoms with Gasteiger partial charge in [0.25, 0.3) is 0 Å². The van der Waals surface area contributed by atoms with Gasteiger partial charge in [-0.25, -0.2) is 0 Å². The lowest BCUT2D eigenvalue weighted by molar-refractivity contribution is -0.142. The quantitative estimate of drug-likeness (QED) is 0.777. The third-order valence-electron chi connectivity index (χ3n) is 3.14. The first-order valence-electron chi connectivity index (χ1n) is 6.10. The predicted molar refractivity (Wildman–Crippen MR) is 71.5 cm³/mol. The van der Waals surface area contributed by atoms with Crippen LogP contribution in [-0.4, -0.2) is 18.1 Å². The molecule has 94 valence electrons. The van der Waals surface area contributed by atoms with Crippen LogP contribution >= 0.6 is 0 Å². The molecule has 0 amide bonds. The zero-order valence-electron chi connectivity index (χ0n) is 10.9. The fraction of sp³-hybridized carbons (Fsp3) is 0.333. The standard InChI is InChI=1S/C15H17NO2/c1-4-13(15(17)18-3)11-5-6-14-12(8-11)7-10(2)9-16-14/h5-9,13H,4H2,1-3H3. The summed E-state index contributed by atoms with van der Waals surface area (Å²) in [6, 6.07) is 8.02. The highest BCUT2D eigenvalue weighted by atomic mass is 16.5. The number of hydrogen-bond acceptors (Lipinski definition) is 3. The van der Waals surface area contributed by atoms with Crippen LogP contribution in [-0.2, 0) is 9.53 Å². The van der Waals surface area contributed by atoms with Gasteiger partial charge in [-0.05, 0) is 42.7 Å². The molecule has 0 saturated carbocycles. The lowest BCUT2D eigenvalue weighted by Crippen LogP contribution is -2.13. The van der Waals surface area contributed by atoms with E-state index in [1.165, 1.54) is 7.11 Å². The zero-order valence-corrected chi connectivity index (χ0v) is 10.9. The molecule has 3 heteroatoms. The van der Waals surface area contributed by atoms with E-state index >= 15 is 0 Å². The highest BCUT2D eigenvalue weighted by Crippen LogP contribution is 2.24. The van der Waals surface area contributed by atoms with Crippen molar-refractivity contribution in [3.05, 3.63) is 41.6 Å². The third kappa shape index (κ3) is 2.35. The van der Waals surface area contributed by atoms with Crippen molar-refractivity contribution in [2.24, 2.45) is 0 Å². The summed E-state index contributed by atoms with van der Waals surface area (Å²) in [7, 11) is 1.43. The van der Waals surface area contributed by atoms with Gasteiger partial charge in [0.15, 0.2) is 0 Å². The summed E-state index contributed by atoms with van der Waals surface area (Å²) in [5.74, 6) is -0.377. The van der Waals surface area contributed by atoms with Gasteiger partial charge in [0.2, 0.25) is 0 Å². The van der Waals surface area contributed by atoms with Crippen LogP contribution in [0.5, 0.6) is 0 Å². The van der Waals surface area contributed by atoms with Crippen LogP contribution in [0.4, 0.5) is 0 Å². The minimum absolute atomic E-state index is 0.183. The highest BCUT2D eigenvalue weighted by Gasteiger charge is 2.19. The molecule has 0 saturated heterocycles. The summed E-state index contributed by atoms with van der Waals surface area (Å²) < 4.78 is 4.84. The molecule has 0 aliphatic carbocycles. The van der Waals surface area contributed by atoms with E-state index < -0.39 is 0 Å². The molecule has 1 atom stereocenters. The lowest BCUT2D eigenvalue weighted by Gasteiger charge is -2.13. The maximum Gasteiger partial charge on any atom is 0.313 e. The normalized spacial score (nSPS) is 12.4. The van der Waals surface area contributed by atoms with Gasteiger partial charge in [-0.2, -0.15) is 0 Å². The Morgan fingerprint density at radius 3 is 2.83 bits per heavy atom. The molecule has 2 aromatic rings. The topological polar surface area (TPSA) is 39.2 Å². The van der Waals surface area contributed by atoms with E-state index in [9.17, 15) is 4.79 Å². The Balaban J connectivity index is 2.48. The number of rotatable bonds is 3. The molecular weight excluding hydrogens is 226 g/mol. The first kappa shape index (κ1) is 12.6. The van der Waals surface area contributed by atoms with Crippen LogP contribution in [0, 0.1) is 6.92 Å². The molecule has 0 bridgehead atoms. The van der Waals surface area contributed by atoms with Gasteiger partial charge in [0.1, 0.15) is 0 Å². The largest absolute Gasteiger partial charge is 0.469 e. The van der Waals surface area contributed by atoms with Crippen LogP contribution in [0.2, 0.25) is 0 Å². The molecule has 0 spiro atoms. The van der Waals surface area contributed by atoms with Crippen LogP contribution in [0.15, 0.2) is 30.5 Å². The van der Waals surface area contributed by atoms with E-state index in [-0.39, 0.29) is 11.9 Å². The SMILES string of the molecule is CCC(C(=O)OC)c1ccc2ncc(C)cc2c1. The maximum atomic E-state index is 11.7. The molecule has 0 N–H and O–H groups in total. The Bertz CT molecular complexity index is 578. The summed E-state index contributed by atoms with van der Waals surface area (Å²) >= 11 is 0. The smallest absolute Gasteiger partial charge is 0.313 e. The Morgan fingerprint density at radius 2 is 2.17 bits per heavy atom. The number of hydrogen-bond donors (Lipinski definition) is 0. The second-order valence-electron chi connectivity index (χ2n) is 4.45. The van der Waals surface area contributed by atoms with Gasteiger partial charge in [0, 0.05) is 11.6 Å². The number of fused-ring (bicyclic) bond motifs is 1. The molecular formula is C15H17NO2. The first-order chi connectivity index (χ1) is 8.65. The number of carbonyl (C=O) groups is 1. The van der Waals surface area contributed by atoms with Crippen molar-refractivity contribution in [2.45, 2.75) is 26.2 Å². The van der Waals surface area contributed by atoms with Crippen molar-refractivity contribution < 1.29 is 9.53 Å². The predicted octanol–water partition coefficient (Wildman–Crippen LogP) is 3.21. The van der Waals surface area contributed by atoms with Gasteiger partial charge in [-0.1, -0.05) is 13.0 Å². The number of pyridine rings is 1. The molecule has 0 fully saturated rings. The number of esters is 1. The van der Waals surface area contributed by atoms with E-state index in [1.54, 1.807) is 0 Å². The van der Waals surface area contributed by atoms with Crippen molar-refractivity contribution in [2.75, 3.05) is 7.11 Å².